The molecule has 0 unspecified atom stereocenters. The minimum Gasteiger partial charge on any atom is -0.369 e. The topological polar surface area (TPSA) is 94.6 Å². The molecule has 0 aliphatic carbocycles. The maximum Gasteiger partial charge on any atom is 0.211 e. The Labute approximate surface area is 105 Å². The summed E-state index contributed by atoms with van der Waals surface area (Å²) in [6, 6.07) is 7.86. The highest BCUT2D eigenvalue weighted by molar-refractivity contribution is 5.99. The van der Waals surface area contributed by atoms with E-state index in [1.54, 1.807) is 12.5 Å². The summed E-state index contributed by atoms with van der Waals surface area (Å²) in [5.41, 5.74) is 13.2. The Hall–Kier alpha value is -2.63. The molecule has 1 heterocycles. The van der Waals surface area contributed by atoms with Gasteiger partial charge in [0.05, 0.1) is 12.0 Å². The second-order valence-electron chi connectivity index (χ2n) is 3.73. The Bertz CT molecular complexity index is 561. The van der Waals surface area contributed by atoms with E-state index in [0.29, 0.717) is 0 Å². The van der Waals surface area contributed by atoms with Crippen molar-refractivity contribution in [2.24, 2.45) is 21.7 Å². The molecule has 0 bridgehead atoms. The largest absolute Gasteiger partial charge is 0.369 e. The number of hydrogen-bond acceptors (Lipinski definition) is 3. The van der Waals surface area contributed by atoms with Crippen LogP contribution in [0.3, 0.4) is 0 Å². The zero-order chi connectivity index (χ0) is 13.0. The molecule has 6 heteroatoms. The number of imidazole rings is 1. The minimum absolute atomic E-state index is 0.0515. The maximum atomic E-state index is 5.22. The molecule has 0 saturated carbocycles. The first kappa shape index (κ1) is 11.8. The van der Waals surface area contributed by atoms with Crippen LogP contribution in [0.4, 0.5) is 0 Å². The molecule has 0 atom stereocenters. The molecule has 92 valence electrons. The van der Waals surface area contributed by atoms with Gasteiger partial charge in [-0.05, 0) is 24.6 Å². The number of guanidine groups is 1. The van der Waals surface area contributed by atoms with Crippen LogP contribution in [0.25, 0.3) is 5.69 Å². The van der Waals surface area contributed by atoms with E-state index in [4.69, 9.17) is 11.5 Å². The molecule has 0 aliphatic heterocycles. The van der Waals surface area contributed by atoms with Gasteiger partial charge in [0.25, 0.3) is 0 Å². The highest BCUT2D eigenvalue weighted by Gasteiger charge is 1.99. The van der Waals surface area contributed by atoms with Crippen molar-refractivity contribution in [3.8, 4) is 5.69 Å². The highest BCUT2D eigenvalue weighted by Crippen LogP contribution is 2.10. The summed E-state index contributed by atoms with van der Waals surface area (Å²) in [6.45, 7) is 1.85. The summed E-state index contributed by atoms with van der Waals surface area (Å²) in [7, 11) is 0. The number of nitrogens with two attached hydrogens (primary N) is 2. The molecule has 0 amide bonds. The first-order chi connectivity index (χ1) is 8.66. The summed E-state index contributed by atoms with van der Waals surface area (Å²) in [6.07, 6.45) is 5.37. The van der Waals surface area contributed by atoms with Gasteiger partial charge in [0, 0.05) is 18.1 Å². The Morgan fingerprint density at radius 1 is 1.17 bits per heavy atom. The predicted octanol–water partition coefficient (Wildman–Crippen LogP) is 0.870. The maximum absolute atomic E-state index is 5.22. The van der Waals surface area contributed by atoms with E-state index in [-0.39, 0.29) is 5.96 Å². The molecule has 0 aliphatic rings. The minimum atomic E-state index is -0.0515. The molecule has 1 aromatic carbocycles. The lowest BCUT2D eigenvalue weighted by atomic mass is 10.1. The lowest BCUT2D eigenvalue weighted by Gasteiger charge is -2.03. The van der Waals surface area contributed by atoms with E-state index in [1.807, 2.05) is 42.0 Å². The van der Waals surface area contributed by atoms with Gasteiger partial charge in [0.2, 0.25) is 5.96 Å². The van der Waals surface area contributed by atoms with Gasteiger partial charge in [-0.15, -0.1) is 5.10 Å². The van der Waals surface area contributed by atoms with Gasteiger partial charge in [-0.3, -0.25) is 0 Å². The first-order valence-corrected chi connectivity index (χ1v) is 5.39. The summed E-state index contributed by atoms with van der Waals surface area (Å²) in [5.74, 6) is -0.0515. The van der Waals surface area contributed by atoms with E-state index >= 15 is 0 Å². The molecule has 4 N–H and O–H groups in total. The third-order valence-corrected chi connectivity index (χ3v) is 2.40. The first-order valence-electron chi connectivity index (χ1n) is 5.39. The fraction of sp³-hybridized carbons (Fsp3) is 0.0833. The number of rotatable bonds is 3. The summed E-state index contributed by atoms with van der Waals surface area (Å²) < 4.78 is 1.92. The molecule has 1 aromatic heterocycles. The average molecular weight is 242 g/mol. The lowest BCUT2D eigenvalue weighted by molar-refractivity contribution is 1.06. The molecule has 0 spiro atoms. The third kappa shape index (κ3) is 2.73. The molecule has 2 rings (SSSR count). The van der Waals surface area contributed by atoms with Crippen LogP contribution in [-0.4, -0.2) is 21.2 Å². The Balaban J connectivity index is 2.23. The molecule has 18 heavy (non-hydrogen) atoms. The van der Waals surface area contributed by atoms with Crippen LogP contribution in [0.5, 0.6) is 0 Å². The third-order valence-electron chi connectivity index (χ3n) is 2.40. The van der Waals surface area contributed by atoms with Crippen molar-refractivity contribution in [3.05, 3.63) is 48.5 Å². The van der Waals surface area contributed by atoms with Crippen LogP contribution in [0.15, 0.2) is 53.2 Å². The van der Waals surface area contributed by atoms with Crippen molar-refractivity contribution < 1.29 is 0 Å². The van der Waals surface area contributed by atoms with Crippen molar-refractivity contribution in [2.45, 2.75) is 6.92 Å². The zero-order valence-corrected chi connectivity index (χ0v) is 9.99. The van der Waals surface area contributed by atoms with Crippen molar-refractivity contribution >= 4 is 11.7 Å². The van der Waals surface area contributed by atoms with Gasteiger partial charge in [-0.25, -0.2) is 4.98 Å². The van der Waals surface area contributed by atoms with E-state index < -0.39 is 0 Å². The fourth-order valence-electron chi connectivity index (χ4n) is 1.48. The number of aromatic nitrogens is 2. The van der Waals surface area contributed by atoms with Crippen molar-refractivity contribution in [1.29, 1.82) is 0 Å². The predicted molar refractivity (Wildman–Crippen MR) is 71.6 cm³/mol. The van der Waals surface area contributed by atoms with Crippen LogP contribution in [0, 0.1) is 0 Å². The van der Waals surface area contributed by atoms with Crippen LogP contribution in [-0.2, 0) is 0 Å². The van der Waals surface area contributed by atoms with Crippen molar-refractivity contribution in [2.75, 3.05) is 0 Å². The Kier molecular flexibility index (Phi) is 3.38. The van der Waals surface area contributed by atoms with Crippen LogP contribution < -0.4 is 11.5 Å². The van der Waals surface area contributed by atoms with E-state index in [1.165, 1.54) is 0 Å². The second kappa shape index (κ2) is 5.13. The summed E-state index contributed by atoms with van der Waals surface area (Å²) in [5, 5.41) is 7.54. The van der Waals surface area contributed by atoms with Gasteiger partial charge < -0.3 is 16.0 Å². The Morgan fingerprint density at radius 2 is 1.89 bits per heavy atom. The SMILES string of the molecule is C/C(=N\N=C(N)N)c1ccc(-n2ccnc2)cc1. The number of nitrogens with zero attached hydrogens (tertiary/aromatic N) is 4. The molecule has 0 radical (unpaired) electrons. The average Bonchev–Trinajstić information content (AvgIpc) is 2.90. The lowest BCUT2D eigenvalue weighted by Crippen LogP contribution is -2.22. The van der Waals surface area contributed by atoms with E-state index in [0.717, 1.165) is 17.0 Å². The smallest absolute Gasteiger partial charge is 0.211 e. The zero-order valence-electron chi connectivity index (χ0n) is 9.99. The monoisotopic (exact) mass is 242 g/mol. The second-order valence-corrected chi connectivity index (χ2v) is 3.73. The summed E-state index contributed by atoms with van der Waals surface area (Å²) >= 11 is 0. The van der Waals surface area contributed by atoms with E-state index in [9.17, 15) is 0 Å². The van der Waals surface area contributed by atoms with Gasteiger partial charge >= 0.3 is 0 Å². The fourth-order valence-corrected chi connectivity index (χ4v) is 1.48. The normalized spacial score (nSPS) is 11.3. The van der Waals surface area contributed by atoms with Crippen LogP contribution in [0.1, 0.15) is 12.5 Å². The van der Waals surface area contributed by atoms with Crippen LogP contribution in [0.2, 0.25) is 0 Å². The van der Waals surface area contributed by atoms with E-state index in [2.05, 4.69) is 15.2 Å². The highest BCUT2D eigenvalue weighted by atomic mass is 15.3. The van der Waals surface area contributed by atoms with Crippen LogP contribution >= 0.6 is 0 Å². The quantitative estimate of drug-likeness (QED) is 0.475. The molecule has 0 fully saturated rings. The number of hydrogen-bond donors (Lipinski definition) is 2. The molecule has 2 aromatic rings. The van der Waals surface area contributed by atoms with Gasteiger partial charge in [0.15, 0.2) is 0 Å². The standard InChI is InChI=1S/C12H14N6/c1-9(16-17-12(13)14)10-2-4-11(5-3-10)18-7-6-15-8-18/h2-8H,1H3,(H4,13,14,17)/b16-9+. The Morgan fingerprint density at radius 3 is 2.44 bits per heavy atom. The van der Waals surface area contributed by atoms with Gasteiger partial charge in [-0.2, -0.15) is 5.10 Å². The van der Waals surface area contributed by atoms with Gasteiger partial charge in [0.1, 0.15) is 0 Å². The molecule has 6 nitrogen and oxygen atoms in total. The molecular formula is C12H14N6. The molecular weight excluding hydrogens is 228 g/mol. The van der Waals surface area contributed by atoms with Crippen molar-refractivity contribution in [1.82, 2.24) is 9.55 Å². The summed E-state index contributed by atoms with van der Waals surface area (Å²) in [4.78, 5) is 4.00. The van der Waals surface area contributed by atoms with Gasteiger partial charge in [-0.1, -0.05) is 12.1 Å². The number of benzene rings is 1. The molecule has 0 saturated heterocycles. The van der Waals surface area contributed by atoms with Crippen molar-refractivity contribution in [3.63, 3.8) is 0 Å².